The Kier molecular flexibility index (Phi) is 8.51. The molecule has 0 spiro atoms. The Labute approximate surface area is 107 Å². The van der Waals surface area contributed by atoms with Gasteiger partial charge >= 0.3 is 0 Å². The highest BCUT2D eigenvalue weighted by Crippen LogP contribution is 2.28. The Morgan fingerprint density at radius 3 is 0.882 bits per heavy atom. The van der Waals surface area contributed by atoms with Crippen LogP contribution in [0.2, 0.25) is 0 Å². The highest BCUT2D eigenvalue weighted by atomic mass is 16.4. The van der Waals surface area contributed by atoms with Gasteiger partial charge in [0.25, 0.3) is 0 Å². The van der Waals surface area contributed by atoms with Gasteiger partial charge in [-0.3, -0.25) is 0 Å². The minimum absolute atomic E-state index is 0.708. The molecule has 17 heavy (non-hydrogen) atoms. The Morgan fingerprint density at radius 2 is 0.882 bits per heavy atom. The first-order chi connectivity index (χ1) is 7.51. The summed E-state index contributed by atoms with van der Waals surface area (Å²) in [6.07, 6.45) is 0. The average molecular weight is 245 g/mol. The first-order valence-electron chi connectivity index (χ1n) is 6.56. The Hall–Kier alpha value is -0.570. The minimum atomic E-state index is -1.08. The van der Waals surface area contributed by atoms with Gasteiger partial charge in [-0.1, -0.05) is 0 Å². The molecule has 0 N–H and O–H groups in total. The minimum Gasteiger partial charge on any atom is -0.550 e. The van der Waals surface area contributed by atoms with Crippen molar-refractivity contribution in [2.24, 2.45) is 0 Å². The van der Waals surface area contributed by atoms with Crippen LogP contribution in [0.5, 0.6) is 0 Å². The fraction of sp³-hybridized carbons (Fsp3) is 0.929. The maximum absolute atomic E-state index is 8.89. The van der Waals surface area contributed by atoms with Gasteiger partial charge < -0.3 is 14.4 Å². The third kappa shape index (κ3) is 5.07. The van der Waals surface area contributed by atoms with Crippen molar-refractivity contribution in [3.8, 4) is 0 Å². The predicted octanol–water partition coefficient (Wildman–Crippen LogP) is 2.19. The molecule has 104 valence electrons. The Balaban J connectivity index is 0. The Bertz CT molecular complexity index is 179. The summed E-state index contributed by atoms with van der Waals surface area (Å²) in [6, 6.07) is 2.83. The number of aliphatic carboxylic acids is 1. The second kappa shape index (κ2) is 7.70. The molecule has 0 aliphatic heterocycles. The van der Waals surface area contributed by atoms with Crippen LogP contribution >= 0.6 is 0 Å². The predicted molar refractivity (Wildman–Crippen MR) is 71.5 cm³/mol. The second-order valence-electron chi connectivity index (χ2n) is 5.76. The van der Waals surface area contributed by atoms with E-state index in [1.54, 1.807) is 0 Å². The molecule has 0 saturated carbocycles. The third-order valence-corrected chi connectivity index (χ3v) is 3.58. The van der Waals surface area contributed by atoms with Crippen LogP contribution in [0.4, 0.5) is 0 Å². The standard InChI is InChI=1S/C12H28N.C2H4O2/c1-9(2)13(10(3)4,11(5)6)12(7)8;1-2(3)4/h9-12H,1-8H3;1H3,(H,3,4)/q+1;/p-1. The van der Waals surface area contributed by atoms with Gasteiger partial charge in [0.15, 0.2) is 0 Å². The highest BCUT2D eigenvalue weighted by molar-refractivity contribution is 5.60. The molecule has 0 atom stereocenters. The number of carbonyl (C=O) groups is 1. The zero-order chi connectivity index (χ0) is 14.4. The summed E-state index contributed by atoms with van der Waals surface area (Å²) < 4.78 is 1.22. The molecule has 3 heteroatoms. The number of carboxylic acids is 1. The van der Waals surface area contributed by atoms with Crippen molar-refractivity contribution in [3.05, 3.63) is 0 Å². The molecule has 0 aliphatic rings. The molecule has 3 nitrogen and oxygen atoms in total. The van der Waals surface area contributed by atoms with Crippen LogP contribution in [-0.2, 0) is 4.79 Å². The maximum Gasteiger partial charge on any atom is 0.0839 e. The molecule has 0 fully saturated rings. The maximum atomic E-state index is 8.89. The molecule has 0 unspecified atom stereocenters. The number of carboxylic acid groups (broad SMARTS) is 1. The van der Waals surface area contributed by atoms with Gasteiger partial charge in [0.2, 0.25) is 0 Å². The topological polar surface area (TPSA) is 40.1 Å². The van der Waals surface area contributed by atoms with E-state index in [0.29, 0.717) is 24.2 Å². The molecule has 0 saturated heterocycles. The molecular formula is C14H31NO2. The normalized spacial score (nSPS) is 12.1. The van der Waals surface area contributed by atoms with Crippen molar-refractivity contribution in [2.45, 2.75) is 86.5 Å². The van der Waals surface area contributed by atoms with E-state index in [4.69, 9.17) is 9.90 Å². The summed E-state index contributed by atoms with van der Waals surface area (Å²) in [5.74, 6) is -1.08. The third-order valence-electron chi connectivity index (χ3n) is 3.58. The van der Waals surface area contributed by atoms with Gasteiger partial charge in [0.05, 0.1) is 24.2 Å². The lowest BCUT2D eigenvalue weighted by Crippen LogP contribution is -2.65. The van der Waals surface area contributed by atoms with Crippen LogP contribution in [0.15, 0.2) is 0 Å². The van der Waals surface area contributed by atoms with Gasteiger partial charge in [0, 0.05) is 5.97 Å². The van der Waals surface area contributed by atoms with Crippen LogP contribution < -0.4 is 5.11 Å². The summed E-state index contributed by atoms with van der Waals surface area (Å²) in [5.41, 5.74) is 0. The van der Waals surface area contributed by atoms with E-state index in [2.05, 4.69) is 55.4 Å². The van der Waals surface area contributed by atoms with Gasteiger partial charge in [-0.25, -0.2) is 0 Å². The van der Waals surface area contributed by atoms with Gasteiger partial charge in [-0.2, -0.15) is 0 Å². The lowest BCUT2D eigenvalue weighted by atomic mass is 10.0. The summed E-state index contributed by atoms with van der Waals surface area (Å²) in [4.78, 5) is 8.89. The zero-order valence-corrected chi connectivity index (χ0v) is 13.1. The fourth-order valence-corrected chi connectivity index (χ4v) is 3.58. The van der Waals surface area contributed by atoms with E-state index in [0.717, 1.165) is 6.92 Å². The molecule has 0 heterocycles. The summed E-state index contributed by atoms with van der Waals surface area (Å²) in [7, 11) is 0. The molecule has 0 aliphatic carbocycles. The van der Waals surface area contributed by atoms with E-state index < -0.39 is 5.97 Å². The van der Waals surface area contributed by atoms with E-state index in [-0.39, 0.29) is 0 Å². The van der Waals surface area contributed by atoms with E-state index in [1.165, 1.54) is 4.48 Å². The number of carbonyl (C=O) groups excluding carboxylic acids is 1. The number of nitrogens with zero attached hydrogens (tertiary/aromatic N) is 1. The van der Waals surface area contributed by atoms with Crippen molar-refractivity contribution in [3.63, 3.8) is 0 Å². The van der Waals surface area contributed by atoms with Crippen molar-refractivity contribution in [1.82, 2.24) is 0 Å². The largest absolute Gasteiger partial charge is 0.550 e. The molecule has 0 aromatic rings. The number of quaternary nitrogens is 1. The fourth-order valence-electron chi connectivity index (χ4n) is 3.58. The van der Waals surface area contributed by atoms with Crippen LogP contribution in [-0.4, -0.2) is 34.6 Å². The van der Waals surface area contributed by atoms with Crippen LogP contribution in [0.3, 0.4) is 0 Å². The van der Waals surface area contributed by atoms with E-state index in [9.17, 15) is 0 Å². The molecule has 0 bridgehead atoms. The summed E-state index contributed by atoms with van der Waals surface area (Å²) in [5, 5.41) is 8.89. The van der Waals surface area contributed by atoms with Crippen molar-refractivity contribution >= 4 is 5.97 Å². The summed E-state index contributed by atoms with van der Waals surface area (Å²) in [6.45, 7) is 19.7. The molecular weight excluding hydrogens is 214 g/mol. The monoisotopic (exact) mass is 245 g/mol. The SMILES string of the molecule is CC(=O)[O-].CC(C)[N+](C(C)C)(C(C)C)C(C)C. The zero-order valence-electron chi connectivity index (χ0n) is 13.1. The smallest absolute Gasteiger partial charge is 0.0839 e. The number of hydrogen-bond donors (Lipinski definition) is 0. The highest BCUT2D eigenvalue weighted by Gasteiger charge is 2.40. The molecule has 0 radical (unpaired) electrons. The van der Waals surface area contributed by atoms with Crippen molar-refractivity contribution in [2.75, 3.05) is 0 Å². The van der Waals surface area contributed by atoms with Gasteiger partial charge in [0.1, 0.15) is 0 Å². The van der Waals surface area contributed by atoms with Gasteiger partial charge in [-0.15, -0.1) is 0 Å². The molecule has 0 aromatic heterocycles. The van der Waals surface area contributed by atoms with Gasteiger partial charge in [-0.05, 0) is 62.3 Å². The number of hydrogen-bond acceptors (Lipinski definition) is 2. The van der Waals surface area contributed by atoms with Crippen molar-refractivity contribution < 1.29 is 14.4 Å². The van der Waals surface area contributed by atoms with Crippen LogP contribution in [0, 0.1) is 0 Å². The molecule has 0 amide bonds. The lowest BCUT2D eigenvalue weighted by molar-refractivity contribution is -1.00. The molecule has 0 rings (SSSR count). The first-order valence-corrected chi connectivity index (χ1v) is 6.56. The van der Waals surface area contributed by atoms with Crippen LogP contribution in [0.1, 0.15) is 62.3 Å². The quantitative estimate of drug-likeness (QED) is 0.712. The first kappa shape index (κ1) is 18.8. The van der Waals surface area contributed by atoms with Crippen LogP contribution in [0.25, 0.3) is 0 Å². The Morgan fingerprint density at radius 1 is 0.765 bits per heavy atom. The average Bonchev–Trinajstić information content (AvgIpc) is 1.98. The van der Waals surface area contributed by atoms with Crippen molar-refractivity contribution in [1.29, 1.82) is 0 Å². The molecule has 0 aromatic carbocycles. The van der Waals surface area contributed by atoms with E-state index in [1.807, 2.05) is 0 Å². The summed E-state index contributed by atoms with van der Waals surface area (Å²) >= 11 is 0. The van der Waals surface area contributed by atoms with E-state index >= 15 is 0 Å². The lowest BCUT2D eigenvalue weighted by Gasteiger charge is -2.52. The second-order valence-corrected chi connectivity index (χ2v) is 5.76. The number of rotatable bonds is 4.